The van der Waals surface area contributed by atoms with Crippen molar-refractivity contribution in [3.8, 4) is 0 Å². The third-order valence-electron chi connectivity index (χ3n) is 2.90. The smallest absolute Gasteiger partial charge is 0.273 e. The first-order valence-electron chi connectivity index (χ1n) is 6.83. The van der Waals surface area contributed by atoms with E-state index in [1.807, 2.05) is 11.4 Å². The van der Waals surface area contributed by atoms with Crippen LogP contribution in [0.5, 0.6) is 0 Å². The third kappa shape index (κ3) is 4.71. The second kappa shape index (κ2) is 7.58. The van der Waals surface area contributed by atoms with Crippen molar-refractivity contribution in [2.75, 3.05) is 23.7 Å². The van der Waals surface area contributed by atoms with E-state index in [2.05, 4.69) is 22.5 Å². The summed E-state index contributed by atoms with van der Waals surface area (Å²) in [5, 5.41) is 19.4. The van der Waals surface area contributed by atoms with Crippen LogP contribution >= 0.6 is 11.3 Å². The Hall–Kier alpha value is -2.15. The number of benzene rings is 1. The molecule has 1 aromatic heterocycles. The number of anilines is 2. The number of nitro benzene ring substituents is 1. The molecule has 0 atom stereocenters. The highest BCUT2D eigenvalue weighted by atomic mass is 32.1. The van der Waals surface area contributed by atoms with Crippen LogP contribution in [0, 0.1) is 10.1 Å². The van der Waals surface area contributed by atoms with E-state index in [1.54, 1.807) is 29.0 Å². The molecule has 1 aromatic carbocycles. The fourth-order valence-electron chi connectivity index (χ4n) is 1.89. The summed E-state index contributed by atoms with van der Waals surface area (Å²) in [7, 11) is 0. The number of rotatable bonds is 8. The maximum Gasteiger partial charge on any atom is 0.273 e. The van der Waals surface area contributed by atoms with Gasteiger partial charge in [-0.2, -0.15) is 0 Å². The molecule has 0 fully saturated rings. The lowest BCUT2D eigenvalue weighted by Crippen LogP contribution is -2.07. The van der Waals surface area contributed by atoms with Gasteiger partial charge in [0.25, 0.3) is 5.69 Å². The summed E-state index contributed by atoms with van der Waals surface area (Å²) >= 11 is 1.57. The van der Waals surface area contributed by atoms with Crippen LogP contribution < -0.4 is 10.6 Å². The molecule has 0 bridgehead atoms. The summed E-state index contributed by atoms with van der Waals surface area (Å²) in [5.41, 5.74) is 4.44. The van der Waals surface area contributed by atoms with Gasteiger partial charge in [-0.15, -0.1) is 11.3 Å². The molecule has 7 heteroatoms. The Morgan fingerprint density at radius 3 is 2.52 bits per heavy atom. The van der Waals surface area contributed by atoms with Gasteiger partial charge in [0.1, 0.15) is 0 Å². The van der Waals surface area contributed by atoms with Crippen molar-refractivity contribution in [1.82, 2.24) is 4.98 Å². The number of nitro groups is 1. The van der Waals surface area contributed by atoms with E-state index in [-0.39, 0.29) is 10.6 Å². The summed E-state index contributed by atoms with van der Waals surface area (Å²) in [5.74, 6) is 0. The Labute approximate surface area is 127 Å². The molecule has 0 amide bonds. The molecule has 0 unspecified atom stereocenters. The van der Waals surface area contributed by atoms with Gasteiger partial charge in [0.05, 0.1) is 16.1 Å². The van der Waals surface area contributed by atoms with Crippen molar-refractivity contribution in [2.45, 2.75) is 19.8 Å². The molecule has 2 aromatic rings. The number of nitrogens with one attached hydrogen (secondary N) is 2. The zero-order valence-corrected chi connectivity index (χ0v) is 12.7. The first kappa shape index (κ1) is 15.2. The number of nitrogens with zero attached hydrogens (tertiary/aromatic N) is 2. The van der Waals surface area contributed by atoms with Gasteiger partial charge in [-0.1, -0.05) is 6.92 Å². The third-order valence-corrected chi connectivity index (χ3v) is 3.54. The van der Waals surface area contributed by atoms with Crippen LogP contribution in [0.15, 0.2) is 29.1 Å². The van der Waals surface area contributed by atoms with Crippen LogP contribution in [0.4, 0.5) is 17.1 Å². The van der Waals surface area contributed by atoms with Crippen LogP contribution in [0.1, 0.15) is 19.0 Å². The Morgan fingerprint density at radius 2 is 1.95 bits per heavy atom. The summed E-state index contributed by atoms with van der Waals surface area (Å²) in [6.45, 7) is 3.54. The molecule has 6 nitrogen and oxygen atoms in total. The molecule has 112 valence electrons. The molecule has 0 aliphatic heterocycles. The number of hydrogen-bond acceptors (Lipinski definition) is 6. The highest BCUT2D eigenvalue weighted by Crippen LogP contribution is 2.24. The summed E-state index contributed by atoms with van der Waals surface area (Å²) in [6, 6.07) is 5.00. The molecule has 0 aliphatic rings. The fraction of sp³-hybridized carbons (Fsp3) is 0.357. The normalized spacial score (nSPS) is 10.3. The predicted molar refractivity (Wildman–Crippen MR) is 86.2 cm³/mol. The van der Waals surface area contributed by atoms with Gasteiger partial charge in [-0.25, -0.2) is 4.98 Å². The van der Waals surface area contributed by atoms with E-state index >= 15 is 0 Å². The molecule has 0 spiro atoms. The quantitative estimate of drug-likeness (QED) is 0.576. The maximum atomic E-state index is 11.0. The van der Waals surface area contributed by atoms with E-state index in [9.17, 15) is 10.1 Å². The van der Waals surface area contributed by atoms with Crippen LogP contribution in [0.3, 0.4) is 0 Å². The number of hydrogen-bond donors (Lipinski definition) is 2. The van der Waals surface area contributed by atoms with Crippen molar-refractivity contribution in [3.05, 3.63) is 44.9 Å². The minimum atomic E-state index is -0.372. The molecular formula is C14H18N4O2S. The Kier molecular flexibility index (Phi) is 5.51. The van der Waals surface area contributed by atoms with Gasteiger partial charge in [-0.05, 0) is 12.5 Å². The number of non-ortho nitro benzene ring substituents is 1. The van der Waals surface area contributed by atoms with Crippen molar-refractivity contribution in [3.63, 3.8) is 0 Å². The van der Waals surface area contributed by atoms with Crippen LogP contribution in [0.2, 0.25) is 0 Å². The van der Waals surface area contributed by atoms with Crippen molar-refractivity contribution in [2.24, 2.45) is 0 Å². The molecule has 21 heavy (non-hydrogen) atoms. The summed E-state index contributed by atoms with van der Waals surface area (Å²) in [4.78, 5) is 14.8. The van der Waals surface area contributed by atoms with Gasteiger partial charge >= 0.3 is 0 Å². The molecule has 2 N–H and O–H groups in total. The number of aromatic nitrogens is 1. The van der Waals surface area contributed by atoms with Gasteiger partial charge in [0.15, 0.2) is 0 Å². The molecule has 0 saturated carbocycles. The monoisotopic (exact) mass is 306 g/mol. The average molecular weight is 306 g/mol. The SMILES string of the molecule is CCCNc1cc(NCCc2cscn2)cc([N+](=O)[O-])c1. The molecular weight excluding hydrogens is 288 g/mol. The van der Waals surface area contributed by atoms with E-state index in [0.29, 0.717) is 6.54 Å². The average Bonchev–Trinajstić information content (AvgIpc) is 2.98. The maximum absolute atomic E-state index is 11.0. The highest BCUT2D eigenvalue weighted by molar-refractivity contribution is 7.07. The Morgan fingerprint density at radius 1 is 1.24 bits per heavy atom. The second-order valence-corrected chi connectivity index (χ2v) is 5.33. The standard InChI is InChI=1S/C14H18N4O2S/c1-2-4-15-12-6-13(8-14(7-12)18(19)20)16-5-3-11-9-21-10-17-11/h6-10,15-16H,2-5H2,1H3. The first-order valence-corrected chi connectivity index (χ1v) is 7.77. The zero-order chi connectivity index (χ0) is 15.1. The van der Waals surface area contributed by atoms with E-state index in [4.69, 9.17) is 0 Å². The van der Waals surface area contributed by atoms with Crippen molar-refractivity contribution < 1.29 is 4.92 Å². The van der Waals surface area contributed by atoms with Gasteiger partial charge in [0, 0.05) is 48.4 Å². The fourth-order valence-corrected chi connectivity index (χ4v) is 2.48. The minimum Gasteiger partial charge on any atom is -0.385 e. The van der Waals surface area contributed by atoms with Crippen LogP contribution in [0.25, 0.3) is 0 Å². The Bertz CT molecular complexity index is 587. The van der Waals surface area contributed by atoms with Gasteiger partial charge in [0.2, 0.25) is 0 Å². The lowest BCUT2D eigenvalue weighted by Gasteiger charge is -2.09. The van der Waals surface area contributed by atoms with E-state index in [0.717, 1.165) is 36.5 Å². The van der Waals surface area contributed by atoms with Crippen molar-refractivity contribution >= 4 is 28.4 Å². The predicted octanol–water partition coefficient (Wildman–Crippen LogP) is 3.53. The van der Waals surface area contributed by atoms with Gasteiger partial charge in [-0.3, -0.25) is 10.1 Å². The van der Waals surface area contributed by atoms with Crippen LogP contribution in [-0.4, -0.2) is 23.0 Å². The highest BCUT2D eigenvalue weighted by Gasteiger charge is 2.09. The minimum absolute atomic E-state index is 0.0901. The molecule has 0 aliphatic carbocycles. The second-order valence-electron chi connectivity index (χ2n) is 4.61. The molecule has 1 heterocycles. The topological polar surface area (TPSA) is 80.1 Å². The number of thiazole rings is 1. The first-order chi connectivity index (χ1) is 10.2. The summed E-state index contributed by atoms with van der Waals surface area (Å²) in [6.07, 6.45) is 1.76. The van der Waals surface area contributed by atoms with Crippen LogP contribution in [-0.2, 0) is 6.42 Å². The Balaban J connectivity index is 2.02. The molecule has 0 saturated heterocycles. The summed E-state index contributed by atoms with van der Waals surface area (Å²) < 4.78 is 0. The van der Waals surface area contributed by atoms with E-state index in [1.165, 1.54) is 0 Å². The zero-order valence-electron chi connectivity index (χ0n) is 11.8. The molecule has 2 rings (SSSR count). The van der Waals surface area contributed by atoms with Gasteiger partial charge < -0.3 is 10.6 Å². The molecule has 0 radical (unpaired) electrons. The lowest BCUT2D eigenvalue weighted by molar-refractivity contribution is -0.384. The largest absolute Gasteiger partial charge is 0.385 e. The lowest BCUT2D eigenvalue weighted by atomic mass is 10.2. The van der Waals surface area contributed by atoms with E-state index < -0.39 is 0 Å². The van der Waals surface area contributed by atoms with Crippen molar-refractivity contribution in [1.29, 1.82) is 0 Å².